The zero-order chi connectivity index (χ0) is 7.28. The largest absolute Gasteiger partial charge is 0.310 e. The Hall–Kier alpha value is -0.860. The zero-order valence-corrected chi connectivity index (χ0v) is 6.06. The summed E-state index contributed by atoms with van der Waals surface area (Å²) in [6, 6.07) is 0. The molecule has 0 saturated carbocycles. The first-order valence-corrected chi connectivity index (χ1v) is 2.96. The Morgan fingerprint density at radius 3 is 2.44 bits per heavy atom. The van der Waals surface area contributed by atoms with Gasteiger partial charge in [-0.15, -0.1) is 0 Å². The number of Topliss-reactive ketones (excluding diaryl/α,β-unsaturated/α-hetero) is 1. The molecule has 0 fully saturated rings. The van der Waals surface area contributed by atoms with Crippen LogP contribution in [-0.4, -0.2) is 18.0 Å². The van der Waals surface area contributed by atoms with E-state index in [0.717, 1.165) is 6.54 Å². The lowest BCUT2D eigenvalue weighted by Crippen LogP contribution is -2.12. The molecule has 9 heavy (non-hydrogen) atoms. The van der Waals surface area contributed by atoms with Crippen LogP contribution in [0.1, 0.15) is 20.8 Å². The molecule has 0 saturated heterocycles. The molecule has 0 rings (SSSR count). The highest BCUT2D eigenvalue weighted by atomic mass is 16.1. The summed E-state index contributed by atoms with van der Waals surface area (Å²) in [5.74, 6) is 0.0101. The Bertz CT molecular complexity index is 129. The standard InChI is InChI=1S/C6H12N2O/c1-4-7-8-5(2)6(3)9/h7H,4H2,1-3H3/b8-5-. The number of ketones is 1. The molecule has 0 aromatic carbocycles. The smallest absolute Gasteiger partial charge is 0.175 e. The van der Waals surface area contributed by atoms with Crippen molar-refractivity contribution in [1.29, 1.82) is 0 Å². The van der Waals surface area contributed by atoms with Crippen LogP contribution >= 0.6 is 0 Å². The SMILES string of the molecule is CCN/N=C(/C)C(C)=O. The first kappa shape index (κ1) is 8.14. The molecule has 0 aliphatic rings. The molecule has 3 nitrogen and oxygen atoms in total. The van der Waals surface area contributed by atoms with Crippen molar-refractivity contribution >= 4 is 11.5 Å². The van der Waals surface area contributed by atoms with E-state index in [2.05, 4.69) is 10.5 Å². The van der Waals surface area contributed by atoms with Crippen molar-refractivity contribution in [2.24, 2.45) is 5.10 Å². The van der Waals surface area contributed by atoms with Crippen molar-refractivity contribution < 1.29 is 4.79 Å². The van der Waals surface area contributed by atoms with Crippen molar-refractivity contribution in [2.75, 3.05) is 6.54 Å². The highest BCUT2D eigenvalue weighted by molar-refractivity contribution is 6.37. The second kappa shape index (κ2) is 4.06. The maximum Gasteiger partial charge on any atom is 0.175 e. The van der Waals surface area contributed by atoms with Crippen LogP contribution in [0.2, 0.25) is 0 Å². The van der Waals surface area contributed by atoms with Crippen LogP contribution in [0, 0.1) is 0 Å². The van der Waals surface area contributed by atoms with Crippen LogP contribution < -0.4 is 5.43 Å². The monoisotopic (exact) mass is 128 g/mol. The lowest BCUT2D eigenvalue weighted by Gasteiger charge is -1.93. The van der Waals surface area contributed by atoms with Crippen LogP contribution in [0.15, 0.2) is 5.10 Å². The highest BCUT2D eigenvalue weighted by Crippen LogP contribution is 1.75. The summed E-state index contributed by atoms with van der Waals surface area (Å²) < 4.78 is 0. The van der Waals surface area contributed by atoms with Crippen LogP contribution in [0.25, 0.3) is 0 Å². The Kier molecular flexibility index (Phi) is 3.67. The quantitative estimate of drug-likeness (QED) is 0.445. The normalized spacial score (nSPS) is 11.2. The molecule has 0 amide bonds. The fourth-order valence-electron chi connectivity index (χ4n) is 0.276. The summed E-state index contributed by atoms with van der Waals surface area (Å²) in [6.07, 6.45) is 0. The van der Waals surface area contributed by atoms with Gasteiger partial charge >= 0.3 is 0 Å². The van der Waals surface area contributed by atoms with E-state index in [9.17, 15) is 4.79 Å². The van der Waals surface area contributed by atoms with Gasteiger partial charge < -0.3 is 5.43 Å². The molecule has 0 atom stereocenters. The molecule has 1 N–H and O–H groups in total. The van der Waals surface area contributed by atoms with Gasteiger partial charge in [0.25, 0.3) is 0 Å². The minimum Gasteiger partial charge on any atom is -0.310 e. The number of carbonyl (C=O) groups excluding carboxylic acids is 1. The van der Waals surface area contributed by atoms with Gasteiger partial charge in [0.2, 0.25) is 0 Å². The number of carbonyl (C=O) groups is 1. The molecule has 0 aliphatic heterocycles. The summed E-state index contributed by atoms with van der Waals surface area (Å²) in [7, 11) is 0. The number of hydrazone groups is 1. The summed E-state index contributed by atoms with van der Waals surface area (Å²) in [6.45, 7) is 5.86. The number of hydrogen-bond donors (Lipinski definition) is 1. The molecule has 3 heteroatoms. The van der Waals surface area contributed by atoms with E-state index in [1.54, 1.807) is 6.92 Å². The predicted octanol–water partition coefficient (Wildman–Crippen LogP) is 0.561. The van der Waals surface area contributed by atoms with E-state index in [1.165, 1.54) is 6.92 Å². The third-order valence-electron chi connectivity index (χ3n) is 0.914. The van der Waals surface area contributed by atoms with Crippen molar-refractivity contribution in [3.8, 4) is 0 Å². The van der Waals surface area contributed by atoms with Gasteiger partial charge in [0.1, 0.15) is 0 Å². The fourth-order valence-corrected chi connectivity index (χ4v) is 0.276. The molecule has 0 aliphatic carbocycles. The molecule has 0 heterocycles. The lowest BCUT2D eigenvalue weighted by atomic mass is 10.3. The zero-order valence-electron chi connectivity index (χ0n) is 6.06. The van der Waals surface area contributed by atoms with Gasteiger partial charge in [-0.1, -0.05) is 0 Å². The van der Waals surface area contributed by atoms with Crippen molar-refractivity contribution in [3.63, 3.8) is 0 Å². The van der Waals surface area contributed by atoms with Gasteiger partial charge in [-0.3, -0.25) is 4.79 Å². The lowest BCUT2D eigenvalue weighted by molar-refractivity contribution is -0.111. The highest BCUT2D eigenvalue weighted by Gasteiger charge is 1.94. The predicted molar refractivity (Wildman–Crippen MR) is 37.5 cm³/mol. The van der Waals surface area contributed by atoms with E-state index >= 15 is 0 Å². The summed E-state index contributed by atoms with van der Waals surface area (Å²) in [5, 5.41) is 3.76. The van der Waals surface area contributed by atoms with Crippen LogP contribution in [0.4, 0.5) is 0 Å². The fraction of sp³-hybridized carbons (Fsp3) is 0.667. The molecular formula is C6H12N2O. The number of nitrogens with one attached hydrogen (secondary N) is 1. The molecule has 0 spiro atoms. The Morgan fingerprint density at radius 1 is 1.56 bits per heavy atom. The molecule has 0 radical (unpaired) electrons. The van der Waals surface area contributed by atoms with Gasteiger partial charge in [0.15, 0.2) is 5.78 Å². The Balaban J connectivity index is 3.69. The van der Waals surface area contributed by atoms with E-state index in [0.29, 0.717) is 5.71 Å². The average molecular weight is 128 g/mol. The summed E-state index contributed by atoms with van der Waals surface area (Å²) in [5.41, 5.74) is 3.22. The minimum absolute atomic E-state index is 0.0101. The maximum absolute atomic E-state index is 10.5. The number of rotatable bonds is 3. The number of nitrogens with zero attached hydrogens (tertiary/aromatic N) is 1. The minimum atomic E-state index is 0.0101. The van der Waals surface area contributed by atoms with Crippen LogP contribution in [0.3, 0.4) is 0 Å². The van der Waals surface area contributed by atoms with Crippen molar-refractivity contribution in [2.45, 2.75) is 20.8 Å². The molecule has 0 bridgehead atoms. The topological polar surface area (TPSA) is 41.5 Å². The van der Waals surface area contributed by atoms with E-state index in [-0.39, 0.29) is 5.78 Å². The summed E-state index contributed by atoms with van der Waals surface area (Å²) >= 11 is 0. The second-order valence-corrected chi connectivity index (χ2v) is 1.77. The van der Waals surface area contributed by atoms with Gasteiger partial charge in [0.05, 0.1) is 5.71 Å². The Morgan fingerprint density at radius 2 is 2.11 bits per heavy atom. The molecular weight excluding hydrogens is 116 g/mol. The van der Waals surface area contributed by atoms with Gasteiger partial charge in [-0.25, -0.2) is 0 Å². The van der Waals surface area contributed by atoms with Crippen molar-refractivity contribution in [3.05, 3.63) is 0 Å². The van der Waals surface area contributed by atoms with Gasteiger partial charge in [-0.2, -0.15) is 5.10 Å². The molecule has 0 unspecified atom stereocenters. The first-order valence-electron chi connectivity index (χ1n) is 2.96. The van der Waals surface area contributed by atoms with Gasteiger partial charge in [0, 0.05) is 13.5 Å². The van der Waals surface area contributed by atoms with E-state index in [1.807, 2.05) is 6.92 Å². The van der Waals surface area contributed by atoms with Crippen LogP contribution in [-0.2, 0) is 4.79 Å². The average Bonchev–Trinajstić information content (AvgIpc) is 1.82. The van der Waals surface area contributed by atoms with E-state index < -0.39 is 0 Å². The second-order valence-electron chi connectivity index (χ2n) is 1.77. The first-order chi connectivity index (χ1) is 4.18. The molecule has 0 aromatic rings. The molecule has 52 valence electrons. The van der Waals surface area contributed by atoms with Crippen molar-refractivity contribution in [1.82, 2.24) is 5.43 Å². The van der Waals surface area contributed by atoms with Gasteiger partial charge in [-0.05, 0) is 13.8 Å². The van der Waals surface area contributed by atoms with Crippen LogP contribution in [0.5, 0.6) is 0 Å². The maximum atomic E-state index is 10.5. The summed E-state index contributed by atoms with van der Waals surface area (Å²) in [4.78, 5) is 10.5. The third-order valence-corrected chi connectivity index (χ3v) is 0.914. The number of hydrogen-bond acceptors (Lipinski definition) is 3. The molecule has 0 aromatic heterocycles. The van der Waals surface area contributed by atoms with E-state index in [4.69, 9.17) is 0 Å². The third kappa shape index (κ3) is 3.70. The Labute approximate surface area is 55.1 Å².